The minimum absolute atomic E-state index is 0.210. The van der Waals surface area contributed by atoms with E-state index in [1.54, 1.807) is 18.2 Å². The van der Waals surface area contributed by atoms with Gasteiger partial charge in [0.2, 0.25) is 0 Å². The first-order chi connectivity index (χ1) is 12.6. The highest BCUT2D eigenvalue weighted by molar-refractivity contribution is 8.18. The van der Waals surface area contributed by atoms with Gasteiger partial charge in [0.15, 0.2) is 5.17 Å². The summed E-state index contributed by atoms with van der Waals surface area (Å²) in [6.07, 6.45) is 5.28. The highest BCUT2D eigenvalue weighted by Gasteiger charge is 2.27. The van der Waals surface area contributed by atoms with Gasteiger partial charge in [-0.3, -0.25) is 4.79 Å². The van der Waals surface area contributed by atoms with Gasteiger partial charge < -0.3 is 9.32 Å². The molecule has 0 aliphatic carbocycles. The Kier molecular flexibility index (Phi) is 5.11. The number of benzene rings is 1. The minimum atomic E-state index is -0.210. The van der Waals surface area contributed by atoms with Crippen molar-refractivity contribution < 1.29 is 9.21 Å². The van der Waals surface area contributed by atoms with Crippen LogP contribution in [0.2, 0.25) is 10.0 Å². The summed E-state index contributed by atoms with van der Waals surface area (Å²) in [6, 6.07) is 8.90. The van der Waals surface area contributed by atoms with Gasteiger partial charge in [-0.2, -0.15) is 4.99 Å². The molecule has 26 heavy (non-hydrogen) atoms. The van der Waals surface area contributed by atoms with Crippen molar-refractivity contribution in [2.45, 2.75) is 19.3 Å². The van der Waals surface area contributed by atoms with Crippen LogP contribution in [0.4, 0.5) is 0 Å². The average Bonchev–Trinajstić information content (AvgIpc) is 3.23. The van der Waals surface area contributed by atoms with Gasteiger partial charge in [0.1, 0.15) is 11.5 Å². The van der Waals surface area contributed by atoms with E-state index in [0.29, 0.717) is 26.5 Å². The van der Waals surface area contributed by atoms with Gasteiger partial charge in [0.25, 0.3) is 5.91 Å². The van der Waals surface area contributed by atoms with E-state index in [9.17, 15) is 4.79 Å². The fourth-order valence-corrected chi connectivity index (χ4v) is 4.46. The number of furan rings is 1. The Hall–Kier alpha value is -1.69. The fourth-order valence-electron chi connectivity index (χ4n) is 3.01. The van der Waals surface area contributed by atoms with E-state index >= 15 is 0 Å². The number of rotatable bonds is 2. The molecular weight excluding hydrogens is 391 g/mol. The Morgan fingerprint density at radius 2 is 1.92 bits per heavy atom. The molecule has 0 saturated carbocycles. The van der Waals surface area contributed by atoms with Crippen LogP contribution in [-0.4, -0.2) is 29.1 Å². The molecule has 0 atom stereocenters. The first-order valence-electron chi connectivity index (χ1n) is 8.43. The normalized spacial score (nSPS) is 19.3. The number of halogens is 2. The third-order valence-corrected chi connectivity index (χ3v) is 5.92. The standard InChI is InChI=1S/C19H16Cl2N2O2S/c20-12-4-6-14(15(21)10-12)16-7-5-13(25-16)11-17-18(24)22-19(26-17)23-8-2-1-3-9-23/h4-7,10-11H,1-3,8-9H2. The molecule has 3 heterocycles. The van der Waals surface area contributed by atoms with E-state index in [0.717, 1.165) is 36.7 Å². The number of amidine groups is 1. The van der Waals surface area contributed by atoms with Crippen LogP contribution in [0.5, 0.6) is 0 Å². The molecule has 0 N–H and O–H groups in total. The molecule has 4 nitrogen and oxygen atoms in total. The summed E-state index contributed by atoms with van der Waals surface area (Å²) in [5, 5.41) is 1.89. The van der Waals surface area contributed by atoms with Crippen molar-refractivity contribution in [1.29, 1.82) is 0 Å². The molecule has 2 aliphatic rings. The van der Waals surface area contributed by atoms with Crippen molar-refractivity contribution >= 4 is 52.1 Å². The van der Waals surface area contributed by atoms with Gasteiger partial charge in [-0.15, -0.1) is 0 Å². The van der Waals surface area contributed by atoms with Crippen molar-refractivity contribution in [2.75, 3.05) is 13.1 Å². The second-order valence-electron chi connectivity index (χ2n) is 6.18. The lowest BCUT2D eigenvalue weighted by molar-refractivity contribution is -0.113. The Morgan fingerprint density at radius 1 is 1.12 bits per heavy atom. The van der Waals surface area contributed by atoms with E-state index in [4.69, 9.17) is 27.6 Å². The Morgan fingerprint density at radius 3 is 2.69 bits per heavy atom. The topological polar surface area (TPSA) is 45.8 Å². The van der Waals surface area contributed by atoms with Crippen molar-refractivity contribution in [1.82, 2.24) is 4.90 Å². The maximum Gasteiger partial charge on any atom is 0.286 e. The van der Waals surface area contributed by atoms with Crippen LogP contribution in [0, 0.1) is 0 Å². The smallest absolute Gasteiger partial charge is 0.286 e. The zero-order valence-electron chi connectivity index (χ0n) is 13.9. The summed E-state index contributed by atoms with van der Waals surface area (Å²) in [5.74, 6) is 1.01. The molecule has 2 aromatic rings. The molecule has 4 rings (SSSR count). The van der Waals surface area contributed by atoms with Crippen LogP contribution in [0.1, 0.15) is 25.0 Å². The van der Waals surface area contributed by atoms with Crippen LogP contribution in [0.3, 0.4) is 0 Å². The maximum atomic E-state index is 12.2. The van der Waals surface area contributed by atoms with Gasteiger partial charge in [0.05, 0.1) is 9.93 Å². The van der Waals surface area contributed by atoms with Crippen molar-refractivity contribution in [2.24, 2.45) is 4.99 Å². The second-order valence-corrected chi connectivity index (χ2v) is 8.04. The molecule has 1 saturated heterocycles. The predicted octanol–water partition coefficient (Wildman–Crippen LogP) is 5.71. The van der Waals surface area contributed by atoms with E-state index in [1.165, 1.54) is 18.2 Å². The van der Waals surface area contributed by atoms with Crippen LogP contribution in [-0.2, 0) is 4.79 Å². The van der Waals surface area contributed by atoms with Crippen LogP contribution >= 0.6 is 35.0 Å². The van der Waals surface area contributed by atoms with E-state index in [-0.39, 0.29) is 5.91 Å². The summed E-state index contributed by atoms with van der Waals surface area (Å²) in [6.45, 7) is 1.93. The molecule has 0 unspecified atom stereocenters. The number of piperidine rings is 1. The van der Waals surface area contributed by atoms with Gasteiger partial charge in [-0.05, 0) is 61.4 Å². The number of aliphatic imine (C=N–C) groups is 1. The minimum Gasteiger partial charge on any atom is -0.457 e. The highest BCUT2D eigenvalue weighted by atomic mass is 35.5. The summed E-state index contributed by atoms with van der Waals surface area (Å²) in [4.78, 5) is 19.2. The van der Waals surface area contributed by atoms with Gasteiger partial charge >= 0.3 is 0 Å². The lowest BCUT2D eigenvalue weighted by atomic mass is 10.1. The Labute approximate surface area is 165 Å². The number of hydrogen-bond donors (Lipinski definition) is 0. The van der Waals surface area contributed by atoms with Gasteiger partial charge in [0, 0.05) is 29.8 Å². The number of carbonyl (C=O) groups is 1. The predicted molar refractivity (Wildman–Crippen MR) is 108 cm³/mol. The van der Waals surface area contributed by atoms with E-state index in [2.05, 4.69) is 9.89 Å². The first-order valence-corrected chi connectivity index (χ1v) is 10.0. The van der Waals surface area contributed by atoms with Crippen molar-refractivity contribution in [3.63, 3.8) is 0 Å². The van der Waals surface area contributed by atoms with Crippen molar-refractivity contribution in [3.8, 4) is 11.3 Å². The summed E-state index contributed by atoms with van der Waals surface area (Å²) >= 11 is 13.6. The lowest BCUT2D eigenvalue weighted by Gasteiger charge is -2.27. The van der Waals surface area contributed by atoms with Crippen LogP contribution < -0.4 is 0 Å². The number of amides is 1. The SMILES string of the molecule is O=C1N=C(N2CCCCC2)SC1=Cc1ccc(-c2ccc(Cl)cc2Cl)o1. The van der Waals surface area contributed by atoms with Crippen LogP contribution in [0.15, 0.2) is 44.6 Å². The number of likely N-dealkylation sites (tertiary alicyclic amines) is 1. The molecule has 1 aromatic carbocycles. The zero-order chi connectivity index (χ0) is 18.1. The highest BCUT2D eigenvalue weighted by Crippen LogP contribution is 2.34. The number of thioether (sulfide) groups is 1. The number of carbonyl (C=O) groups excluding carboxylic acids is 1. The Balaban J connectivity index is 1.52. The molecule has 0 radical (unpaired) electrons. The average molecular weight is 407 g/mol. The Bertz CT molecular complexity index is 914. The molecule has 1 aromatic heterocycles. The summed E-state index contributed by atoms with van der Waals surface area (Å²) < 4.78 is 5.85. The quantitative estimate of drug-likeness (QED) is 0.599. The fraction of sp³-hybridized carbons (Fsp3) is 0.263. The van der Waals surface area contributed by atoms with E-state index in [1.807, 2.05) is 18.2 Å². The van der Waals surface area contributed by atoms with Gasteiger partial charge in [-0.1, -0.05) is 23.2 Å². The molecule has 0 bridgehead atoms. The number of nitrogens with zero attached hydrogens (tertiary/aromatic N) is 2. The molecular formula is C19H16Cl2N2O2S. The summed E-state index contributed by atoms with van der Waals surface area (Å²) in [7, 11) is 0. The molecule has 0 spiro atoms. The van der Waals surface area contributed by atoms with Gasteiger partial charge in [-0.25, -0.2) is 0 Å². The van der Waals surface area contributed by atoms with Crippen molar-refractivity contribution in [3.05, 3.63) is 51.0 Å². The second kappa shape index (κ2) is 7.51. The summed E-state index contributed by atoms with van der Waals surface area (Å²) in [5.41, 5.74) is 0.761. The third-order valence-electron chi connectivity index (χ3n) is 4.33. The first kappa shape index (κ1) is 17.7. The molecule has 1 amide bonds. The third kappa shape index (κ3) is 3.70. The zero-order valence-corrected chi connectivity index (χ0v) is 16.2. The molecule has 7 heteroatoms. The lowest BCUT2D eigenvalue weighted by Crippen LogP contribution is -2.33. The molecule has 134 valence electrons. The molecule has 2 aliphatic heterocycles. The number of hydrogen-bond acceptors (Lipinski definition) is 4. The maximum absolute atomic E-state index is 12.2. The van der Waals surface area contributed by atoms with E-state index < -0.39 is 0 Å². The van der Waals surface area contributed by atoms with Crippen LogP contribution in [0.25, 0.3) is 17.4 Å². The monoisotopic (exact) mass is 406 g/mol. The largest absolute Gasteiger partial charge is 0.457 e. The molecule has 1 fully saturated rings.